The Morgan fingerprint density at radius 1 is 0.950 bits per heavy atom. The highest BCUT2D eigenvalue weighted by Gasteiger charge is 2.47. The van der Waals surface area contributed by atoms with Crippen LogP contribution in [0.15, 0.2) is 0 Å². The van der Waals surface area contributed by atoms with Crippen LogP contribution in [0, 0.1) is 5.92 Å². The Labute approximate surface area is 121 Å². The molecule has 0 atom stereocenters. The monoisotopic (exact) mass is 300 g/mol. The zero-order valence-electron chi connectivity index (χ0n) is 11.9. The molecular weight excluding hydrogens is 276 g/mol. The first-order chi connectivity index (χ1) is 9.57. The molecule has 114 valence electrons. The van der Waals surface area contributed by atoms with E-state index < -0.39 is 10.0 Å². The highest BCUT2D eigenvalue weighted by molar-refractivity contribution is 7.90. The third-order valence-corrected chi connectivity index (χ3v) is 7.06. The average Bonchev–Trinajstić information content (AvgIpc) is 3.14. The number of carbonyl (C=O) groups excluding carboxylic acids is 1. The molecule has 0 aromatic carbocycles. The fourth-order valence-electron chi connectivity index (χ4n) is 3.13. The van der Waals surface area contributed by atoms with E-state index in [1.165, 1.54) is 30.0 Å². The van der Waals surface area contributed by atoms with E-state index >= 15 is 0 Å². The lowest BCUT2D eigenvalue weighted by Gasteiger charge is -2.37. The van der Waals surface area contributed by atoms with Gasteiger partial charge in [-0.1, -0.05) is 25.7 Å². The first kappa shape index (κ1) is 14.3. The summed E-state index contributed by atoms with van der Waals surface area (Å²) in [7, 11) is -3.08. The van der Waals surface area contributed by atoms with Gasteiger partial charge >= 0.3 is 0 Å². The quantitative estimate of drug-likeness (QED) is 0.795. The predicted molar refractivity (Wildman–Crippen MR) is 76.6 cm³/mol. The van der Waals surface area contributed by atoms with Crippen molar-refractivity contribution >= 4 is 15.9 Å². The van der Waals surface area contributed by atoms with Gasteiger partial charge in [0.25, 0.3) is 0 Å². The van der Waals surface area contributed by atoms with Crippen molar-refractivity contribution in [3.8, 4) is 0 Å². The molecule has 20 heavy (non-hydrogen) atoms. The van der Waals surface area contributed by atoms with Gasteiger partial charge in [0.15, 0.2) is 0 Å². The van der Waals surface area contributed by atoms with Gasteiger partial charge in [-0.15, -0.1) is 0 Å². The first-order valence-corrected chi connectivity index (χ1v) is 9.37. The summed E-state index contributed by atoms with van der Waals surface area (Å²) in [6.07, 6.45) is 8.64. The molecule has 5 nitrogen and oxygen atoms in total. The maximum Gasteiger partial charge on any atom is 0.225 e. The number of amides is 1. The number of rotatable bonds is 4. The molecule has 1 heterocycles. The number of sulfonamides is 1. The van der Waals surface area contributed by atoms with Crippen molar-refractivity contribution in [2.45, 2.75) is 62.7 Å². The fraction of sp³-hybridized carbons (Fsp3) is 0.929. The lowest BCUT2D eigenvalue weighted by Crippen LogP contribution is -2.57. The van der Waals surface area contributed by atoms with Crippen LogP contribution in [0.3, 0.4) is 0 Å². The summed E-state index contributed by atoms with van der Waals surface area (Å²) in [5.74, 6) is -0.0778. The Morgan fingerprint density at radius 2 is 1.55 bits per heavy atom. The van der Waals surface area contributed by atoms with Gasteiger partial charge in [-0.05, 0) is 25.7 Å². The van der Waals surface area contributed by atoms with Crippen LogP contribution in [0.2, 0.25) is 0 Å². The molecular formula is C14H24N2O3S. The molecule has 0 aromatic heterocycles. The van der Waals surface area contributed by atoms with Gasteiger partial charge in [0.2, 0.25) is 15.9 Å². The summed E-state index contributed by atoms with van der Waals surface area (Å²) in [5.41, 5.74) is 0. The van der Waals surface area contributed by atoms with Crippen LogP contribution in [0.4, 0.5) is 0 Å². The molecule has 3 rings (SSSR count). The average molecular weight is 300 g/mol. The minimum Gasteiger partial charge on any atom is -0.353 e. The van der Waals surface area contributed by atoms with Gasteiger partial charge in [-0.3, -0.25) is 4.79 Å². The molecule has 0 unspecified atom stereocenters. The van der Waals surface area contributed by atoms with E-state index in [-0.39, 0.29) is 17.1 Å². The lowest BCUT2D eigenvalue weighted by molar-refractivity contribution is -0.129. The van der Waals surface area contributed by atoms with Crippen LogP contribution >= 0.6 is 0 Å². The summed E-state index contributed by atoms with van der Waals surface area (Å²) in [4.78, 5) is 12.1. The predicted octanol–water partition coefficient (Wildman–Crippen LogP) is 1.25. The van der Waals surface area contributed by atoms with E-state index in [4.69, 9.17) is 0 Å². The van der Waals surface area contributed by atoms with Crippen molar-refractivity contribution in [1.82, 2.24) is 9.62 Å². The summed E-state index contributed by atoms with van der Waals surface area (Å²) in [6, 6.07) is 0.305. The Bertz CT molecular complexity index is 459. The van der Waals surface area contributed by atoms with Gasteiger partial charge in [0.1, 0.15) is 0 Å². The third kappa shape index (κ3) is 3.01. The van der Waals surface area contributed by atoms with Gasteiger partial charge in [-0.25, -0.2) is 8.42 Å². The van der Waals surface area contributed by atoms with Gasteiger partial charge < -0.3 is 5.32 Å². The molecule has 1 N–H and O–H groups in total. The van der Waals surface area contributed by atoms with Gasteiger partial charge in [0, 0.05) is 19.1 Å². The maximum absolute atomic E-state index is 12.1. The molecule has 3 fully saturated rings. The summed E-state index contributed by atoms with van der Waals surface area (Å²) >= 11 is 0. The number of nitrogens with one attached hydrogen (secondary N) is 1. The topological polar surface area (TPSA) is 66.5 Å². The van der Waals surface area contributed by atoms with Crippen molar-refractivity contribution in [3.05, 3.63) is 0 Å². The van der Waals surface area contributed by atoms with Crippen molar-refractivity contribution in [2.75, 3.05) is 13.1 Å². The van der Waals surface area contributed by atoms with Crippen LogP contribution in [-0.4, -0.2) is 43.0 Å². The minimum absolute atomic E-state index is 0.0548. The molecule has 2 saturated carbocycles. The molecule has 3 aliphatic rings. The lowest BCUT2D eigenvalue weighted by atomic mass is 10.0. The summed E-state index contributed by atoms with van der Waals surface area (Å²) in [6.45, 7) is 0.773. The van der Waals surface area contributed by atoms with Crippen molar-refractivity contribution in [3.63, 3.8) is 0 Å². The van der Waals surface area contributed by atoms with Gasteiger partial charge in [-0.2, -0.15) is 4.31 Å². The largest absolute Gasteiger partial charge is 0.353 e. The Kier molecular flexibility index (Phi) is 4.04. The molecule has 0 spiro atoms. The third-order valence-electron chi connectivity index (χ3n) is 4.73. The minimum atomic E-state index is -3.08. The molecule has 1 amide bonds. The van der Waals surface area contributed by atoms with E-state index in [0.29, 0.717) is 19.1 Å². The Morgan fingerprint density at radius 3 is 2.10 bits per heavy atom. The Hall–Kier alpha value is -0.620. The molecule has 6 heteroatoms. The van der Waals surface area contributed by atoms with Crippen molar-refractivity contribution in [2.24, 2.45) is 5.92 Å². The molecule has 0 aromatic rings. The van der Waals surface area contributed by atoms with E-state index in [2.05, 4.69) is 5.32 Å². The number of hydrogen-bond acceptors (Lipinski definition) is 3. The number of carbonyl (C=O) groups is 1. The van der Waals surface area contributed by atoms with Crippen molar-refractivity contribution in [1.29, 1.82) is 0 Å². The molecule has 0 radical (unpaired) electrons. The smallest absolute Gasteiger partial charge is 0.225 e. The second-order valence-electron chi connectivity index (χ2n) is 6.46. The molecule has 0 bridgehead atoms. The first-order valence-electron chi connectivity index (χ1n) is 7.87. The van der Waals surface area contributed by atoms with Crippen LogP contribution < -0.4 is 5.32 Å². The van der Waals surface area contributed by atoms with Crippen molar-refractivity contribution < 1.29 is 13.2 Å². The fourth-order valence-corrected chi connectivity index (χ4v) is 5.06. The summed E-state index contributed by atoms with van der Waals surface area (Å²) < 4.78 is 25.4. The normalized spacial score (nSPS) is 26.8. The molecule has 2 aliphatic carbocycles. The number of nitrogens with zero attached hydrogens (tertiary/aromatic N) is 1. The zero-order valence-corrected chi connectivity index (χ0v) is 12.7. The molecule has 1 aliphatic heterocycles. The van der Waals surface area contributed by atoms with Crippen LogP contribution in [-0.2, 0) is 14.8 Å². The van der Waals surface area contributed by atoms with Gasteiger partial charge in [0.05, 0.1) is 11.2 Å². The summed E-state index contributed by atoms with van der Waals surface area (Å²) in [5, 5.41) is 2.96. The van der Waals surface area contributed by atoms with E-state index in [1.54, 1.807) is 0 Å². The second-order valence-corrected chi connectivity index (χ2v) is 8.67. The second kappa shape index (κ2) is 5.64. The maximum atomic E-state index is 12.1. The number of hydrogen-bond donors (Lipinski definition) is 1. The van der Waals surface area contributed by atoms with E-state index in [1.807, 2.05) is 0 Å². The van der Waals surface area contributed by atoms with Crippen LogP contribution in [0.25, 0.3) is 0 Å². The van der Waals surface area contributed by atoms with E-state index in [0.717, 1.165) is 25.7 Å². The zero-order chi connectivity index (χ0) is 14.2. The highest BCUT2D eigenvalue weighted by Crippen LogP contribution is 2.34. The highest BCUT2D eigenvalue weighted by atomic mass is 32.2. The Balaban J connectivity index is 1.45. The SMILES string of the molecule is O=C(NC1CCCCCC1)C1CN(S(=O)(=O)C2CC2)C1. The van der Waals surface area contributed by atoms with Crippen LogP contribution in [0.5, 0.6) is 0 Å². The van der Waals surface area contributed by atoms with E-state index in [9.17, 15) is 13.2 Å². The molecule has 1 saturated heterocycles. The standard InChI is InChI=1S/C14H24N2O3S/c17-14(15-12-5-3-1-2-4-6-12)11-9-16(10-11)20(18,19)13-7-8-13/h11-13H,1-10H2,(H,15,17). The van der Waals surface area contributed by atoms with Crippen LogP contribution in [0.1, 0.15) is 51.4 Å².